The van der Waals surface area contributed by atoms with Crippen LogP contribution in [0, 0.1) is 11.6 Å². The minimum atomic E-state index is -0.953. The topological polar surface area (TPSA) is 89.8 Å². The van der Waals surface area contributed by atoms with Gasteiger partial charge >= 0.3 is 0 Å². The number of amides is 2. The fourth-order valence-corrected chi connectivity index (χ4v) is 5.48. The van der Waals surface area contributed by atoms with E-state index in [0.29, 0.717) is 31.6 Å². The summed E-state index contributed by atoms with van der Waals surface area (Å²) >= 11 is 0. The highest BCUT2D eigenvalue weighted by Crippen LogP contribution is 2.55. The van der Waals surface area contributed by atoms with Gasteiger partial charge in [-0.2, -0.15) is 5.10 Å². The van der Waals surface area contributed by atoms with Crippen LogP contribution in [0.5, 0.6) is 11.5 Å². The summed E-state index contributed by atoms with van der Waals surface area (Å²) in [6, 6.07) is 3.12. The van der Waals surface area contributed by atoms with Gasteiger partial charge in [0.2, 0.25) is 12.3 Å². The summed E-state index contributed by atoms with van der Waals surface area (Å²) in [5.41, 5.74) is 1.69. The van der Waals surface area contributed by atoms with Gasteiger partial charge in [0.15, 0.2) is 23.1 Å². The molecule has 1 spiro atoms. The number of halogens is 2. The number of benzene rings is 1. The molecule has 3 aromatic rings. The van der Waals surface area contributed by atoms with E-state index in [1.165, 1.54) is 14.2 Å². The van der Waals surface area contributed by atoms with Crippen LogP contribution in [0.25, 0.3) is 11.3 Å². The molecule has 2 aromatic heterocycles. The van der Waals surface area contributed by atoms with E-state index < -0.39 is 22.7 Å². The highest BCUT2D eigenvalue weighted by molar-refractivity contribution is 6.05. The Kier molecular flexibility index (Phi) is 5.39. The van der Waals surface area contributed by atoms with Crippen LogP contribution in [0.3, 0.4) is 0 Å². The highest BCUT2D eigenvalue weighted by Gasteiger charge is 2.57. The lowest BCUT2D eigenvalue weighted by atomic mass is 9.86. The van der Waals surface area contributed by atoms with E-state index in [1.54, 1.807) is 17.3 Å². The van der Waals surface area contributed by atoms with E-state index in [-0.39, 0.29) is 30.0 Å². The number of nitrogens with zero attached hydrogens (tertiary/aromatic N) is 5. The van der Waals surface area contributed by atoms with Gasteiger partial charge in [-0.3, -0.25) is 19.3 Å². The van der Waals surface area contributed by atoms with Crippen LogP contribution in [0.4, 0.5) is 14.5 Å². The number of ether oxygens (including phenoxy) is 2. The number of carbonyl (C=O) groups excluding carboxylic acids is 2. The molecule has 9 nitrogen and oxygen atoms in total. The largest absolute Gasteiger partial charge is 0.493 e. The summed E-state index contributed by atoms with van der Waals surface area (Å²) in [6.45, 7) is 1.27. The van der Waals surface area contributed by atoms with Crippen LogP contribution in [0.2, 0.25) is 0 Å². The van der Waals surface area contributed by atoms with Gasteiger partial charge in [0.25, 0.3) is 0 Å². The summed E-state index contributed by atoms with van der Waals surface area (Å²) in [5, 5.41) is 4.48. The summed E-state index contributed by atoms with van der Waals surface area (Å²) in [7, 11) is 2.54. The molecule has 2 fully saturated rings. The van der Waals surface area contributed by atoms with Crippen LogP contribution in [-0.4, -0.2) is 59.3 Å². The minimum absolute atomic E-state index is 0.0315. The second-order valence-corrected chi connectivity index (χ2v) is 9.71. The molecule has 1 saturated heterocycles. The molecule has 1 aliphatic carbocycles. The second kappa shape index (κ2) is 8.53. The van der Waals surface area contributed by atoms with Crippen molar-refractivity contribution in [3.63, 3.8) is 0 Å². The highest BCUT2D eigenvalue weighted by atomic mass is 19.1. The number of anilines is 1. The molecule has 1 saturated carbocycles. The smallest absolute Gasteiger partial charge is 0.238 e. The monoisotopic (exact) mass is 509 g/mol. The molecule has 1 unspecified atom stereocenters. The predicted octanol–water partition coefficient (Wildman–Crippen LogP) is 3.22. The van der Waals surface area contributed by atoms with Crippen molar-refractivity contribution in [2.24, 2.45) is 0 Å². The van der Waals surface area contributed by atoms with Gasteiger partial charge in [0.05, 0.1) is 44.1 Å². The molecule has 1 atom stereocenters. The minimum Gasteiger partial charge on any atom is -0.493 e. The van der Waals surface area contributed by atoms with Gasteiger partial charge in [-0.1, -0.05) is 0 Å². The first kappa shape index (κ1) is 23.4. The number of fused-ring (bicyclic) bond motifs is 2. The van der Waals surface area contributed by atoms with Crippen molar-refractivity contribution in [1.29, 1.82) is 0 Å². The molecular formula is C26H25F2N5O4. The standard InChI is InChI=1S/C26H25F2N5O4/c1-36-20-8-21(37-2)23(28)24(22(20)27)32-11-15-9-29-19(7-18(15)26(4-5-26)25(32)35)16-10-30-33(12-16)17-3-6-31(13-17)14-34/h7-10,12,14,17H,3-6,11,13H2,1-2H3. The van der Waals surface area contributed by atoms with Crippen molar-refractivity contribution in [3.05, 3.63) is 53.5 Å². The molecule has 4 heterocycles. The maximum atomic E-state index is 15.3. The first-order chi connectivity index (χ1) is 17.9. The number of carbonyl (C=O) groups is 2. The normalized spacial score (nSPS) is 19.8. The Balaban J connectivity index is 1.36. The van der Waals surface area contributed by atoms with Crippen LogP contribution in [0.15, 0.2) is 30.7 Å². The van der Waals surface area contributed by atoms with Crippen molar-refractivity contribution < 1.29 is 27.8 Å². The number of hydrogen-bond donors (Lipinski definition) is 0. The number of methoxy groups -OCH3 is 2. The summed E-state index contributed by atoms with van der Waals surface area (Å²) in [6.07, 6.45) is 8.12. The zero-order valence-electron chi connectivity index (χ0n) is 20.4. The lowest BCUT2D eigenvalue weighted by Crippen LogP contribution is -2.45. The lowest BCUT2D eigenvalue weighted by Gasteiger charge is -2.35. The van der Waals surface area contributed by atoms with Crippen molar-refractivity contribution in [1.82, 2.24) is 19.7 Å². The average molecular weight is 510 g/mol. The molecular weight excluding hydrogens is 484 g/mol. The molecule has 11 heteroatoms. The molecule has 1 aromatic carbocycles. The van der Waals surface area contributed by atoms with Crippen LogP contribution >= 0.6 is 0 Å². The van der Waals surface area contributed by atoms with Gasteiger partial charge in [-0.15, -0.1) is 0 Å². The average Bonchev–Trinajstić information content (AvgIpc) is 3.31. The first-order valence-electron chi connectivity index (χ1n) is 12.1. The number of likely N-dealkylation sites (tertiary alicyclic amines) is 1. The zero-order valence-corrected chi connectivity index (χ0v) is 20.4. The molecule has 2 aliphatic heterocycles. The number of hydrogen-bond acceptors (Lipinski definition) is 6. The quantitative estimate of drug-likeness (QED) is 0.474. The number of pyridine rings is 1. The molecule has 37 heavy (non-hydrogen) atoms. The molecule has 0 N–H and O–H groups in total. The first-order valence-corrected chi connectivity index (χ1v) is 12.1. The van der Waals surface area contributed by atoms with Crippen molar-refractivity contribution in [2.75, 3.05) is 32.2 Å². The van der Waals surface area contributed by atoms with Gasteiger partial charge in [0.1, 0.15) is 5.69 Å². The van der Waals surface area contributed by atoms with Crippen LogP contribution in [0.1, 0.15) is 36.4 Å². The maximum Gasteiger partial charge on any atom is 0.238 e. The summed E-state index contributed by atoms with van der Waals surface area (Å²) in [5.74, 6) is -2.68. The second-order valence-electron chi connectivity index (χ2n) is 9.71. The van der Waals surface area contributed by atoms with Gasteiger partial charge in [0, 0.05) is 37.1 Å². The third kappa shape index (κ3) is 3.55. The number of aromatic nitrogens is 3. The van der Waals surface area contributed by atoms with Gasteiger partial charge < -0.3 is 19.3 Å². The maximum absolute atomic E-state index is 15.3. The van der Waals surface area contributed by atoms with Gasteiger partial charge in [-0.25, -0.2) is 8.78 Å². The Morgan fingerprint density at radius 2 is 1.84 bits per heavy atom. The molecule has 0 bridgehead atoms. The fourth-order valence-electron chi connectivity index (χ4n) is 5.48. The van der Waals surface area contributed by atoms with Crippen LogP contribution < -0.4 is 14.4 Å². The van der Waals surface area contributed by atoms with E-state index in [1.807, 2.05) is 16.9 Å². The Labute approximate surface area is 211 Å². The van der Waals surface area contributed by atoms with Crippen molar-refractivity contribution >= 4 is 18.0 Å². The van der Waals surface area contributed by atoms with Crippen molar-refractivity contribution in [2.45, 2.75) is 37.3 Å². The van der Waals surface area contributed by atoms with E-state index in [4.69, 9.17) is 9.47 Å². The Morgan fingerprint density at radius 3 is 2.46 bits per heavy atom. The molecule has 192 valence electrons. The summed E-state index contributed by atoms with van der Waals surface area (Å²) in [4.78, 5) is 32.2. The SMILES string of the molecule is COc1cc(OC)c(F)c(N2Cc3cnc(-c4cnn(C5CCN(C=O)C5)c4)cc3C3(CC3)C2=O)c1F. The molecule has 3 aliphatic rings. The van der Waals surface area contributed by atoms with E-state index in [9.17, 15) is 9.59 Å². The molecule has 2 amide bonds. The van der Waals surface area contributed by atoms with Gasteiger partial charge in [-0.05, 0) is 36.5 Å². The molecule has 6 rings (SSSR count). The Hall–Kier alpha value is -4.02. The Morgan fingerprint density at radius 1 is 1.11 bits per heavy atom. The third-order valence-corrected chi connectivity index (χ3v) is 7.67. The third-order valence-electron chi connectivity index (χ3n) is 7.67. The zero-order chi connectivity index (χ0) is 25.9. The van der Waals surface area contributed by atoms with E-state index in [2.05, 4.69) is 10.1 Å². The Bertz CT molecular complexity index is 1390. The van der Waals surface area contributed by atoms with E-state index >= 15 is 8.78 Å². The number of rotatable bonds is 6. The van der Waals surface area contributed by atoms with Crippen molar-refractivity contribution in [3.8, 4) is 22.8 Å². The summed E-state index contributed by atoms with van der Waals surface area (Å²) < 4.78 is 42.5. The fraction of sp³-hybridized carbons (Fsp3) is 0.385. The predicted molar refractivity (Wildman–Crippen MR) is 128 cm³/mol. The molecule has 0 radical (unpaired) electrons. The lowest BCUT2D eigenvalue weighted by molar-refractivity contribution is -0.121. The van der Waals surface area contributed by atoms with Crippen LogP contribution in [-0.2, 0) is 21.5 Å². The van der Waals surface area contributed by atoms with E-state index in [0.717, 1.165) is 40.5 Å².